The van der Waals surface area contributed by atoms with E-state index in [1.165, 1.54) is 0 Å². The van der Waals surface area contributed by atoms with Gasteiger partial charge in [0.1, 0.15) is 0 Å². The van der Waals surface area contributed by atoms with E-state index >= 15 is 0 Å². The summed E-state index contributed by atoms with van der Waals surface area (Å²) in [5, 5.41) is 3.60. The van der Waals surface area contributed by atoms with Crippen LogP contribution in [0.4, 0.5) is 13.2 Å². The zero-order valence-corrected chi connectivity index (χ0v) is 11.2. The average molecular weight is 299 g/mol. The first-order valence-electron chi connectivity index (χ1n) is 5.21. The molecule has 1 aliphatic rings. The van der Waals surface area contributed by atoms with Gasteiger partial charge in [0.25, 0.3) is 5.89 Å². The summed E-state index contributed by atoms with van der Waals surface area (Å²) >= 11 is 3.34. The third-order valence-corrected chi connectivity index (χ3v) is 5.33. The maximum Gasteiger partial charge on any atom is 0.415 e. The highest BCUT2D eigenvalue weighted by Gasteiger charge is 2.53. The fraction of sp³-hybridized carbons (Fsp3) is 0.778. The highest BCUT2D eigenvalue weighted by atomic mass is 32.2. The molecule has 9 heteroatoms. The molecule has 0 bridgehead atoms. The molecule has 2 N–H and O–H groups in total. The predicted molar refractivity (Wildman–Crippen MR) is 64.4 cm³/mol. The van der Waals surface area contributed by atoms with Crippen LogP contribution < -0.4 is 5.73 Å². The maximum atomic E-state index is 12.7. The lowest BCUT2D eigenvalue weighted by Gasteiger charge is -2.23. The van der Waals surface area contributed by atoms with Crippen LogP contribution in [0.1, 0.15) is 23.9 Å². The Kier molecular flexibility index (Phi) is 3.84. The van der Waals surface area contributed by atoms with Crippen LogP contribution in [0.5, 0.6) is 0 Å². The lowest BCUT2D eigenvalue weighted by atomic mass is 10.0. The predicted octanol–water partition coefficient (Wildman–Crippen LogP) is 2.33. The minimum absolute atomic E-state index is 0.0229. The molecule has 2 rings (SSSR count). The zero-order chi connectivity index (χ0) is 13.4. The first-order chi connectivity index (χ1) is 8.32. The maximum absolute atomic E-state index is 12.7. The Morgan fingerprint density at radius 1 is 1.39 bits per heavy atom. The number of nitrogens with zero attached hydrogens (tertiary/aromatic N) is 2. The van der Waals surface area contributed by atoms with Gasteiger partial charge in [0.15, 0.2) is 11.4 Å². The molecule has 0 spiro atoms. The van der Waals surface area contributed by atoms with Crippen LogP contribution in [0.2, 0.25) is 0 Å². The van der Waals surface area contributed by atoms with Crippen molar-refractivity contribution in [2.75, 3.05) is 17.3 Å². The zero-order valence-electron chi connectivity index (χ0n) is 9.53. The lowest BCUT2D eigenvalue weighted by Crippen LogP contribution is -2.48. The molecule has 1 aromatic heterocycles. The Balaban J connectivity index is 2.19. The van der Waals surface area contributed by atoms with Gasteiger partial charge in [-0.05, 0) is 6.92 Å². The standard InChI is InChI=1S/C9H12F3N3OS2/c1-8(13,9(10,11)12)7-14-6(15-16-7)5-4-17-2-3-18-5/h5H,2-4,13H2,1H3. The van der Waals surface area contributed by atoms with E-state index in [1.807, 2.05) is 0 Å². The Hall–Kier alpha value is -0.410. The van der Waals surface area contributed by atoms with Crippen molar-refractivity contribution < 1.29 is 17.7 Å². The van der Waals surface area contributed by atoms with E-state index in [0.29, 0.717) is 5.82 Å². The molecule has 0 saturated carbocycles. The third kappa shape index (κ3) is 2.62. The summed E-state index contributed by atoms with van der Waals surface area (Å²) in [6, 6.07) is 0. The number of halogens is 3. The second-order valence-electron chi connectivity index (χ2n) is 4.09. The van der Waals surface area contributed by atoms with E-state index < -0.39 is 17.6 Å². The van der Waals surface area contributed by atoms with Gasteiger partial charge in [0, 0.05) is 17.3 Å². The summed E-state index contributed by atoms with van der Waals surface area (Å²) in [5.41, 5.74) is 2.62. The van der Waals surface area contributed by atoms with Crippen molar-refractivity contribution in [3.63, 3.8) is 0 Å². The number of hydrogen-bond acceptors (Lipinski definition) is 6. The first-order valence-corrected chi connectivity index (χ1v) is 7.42. The molecule has 0 aliphatic carbocycles. The molecule has 1 saturated heterocycles. The molecule has 2 unspecified atom stereocenters. The number of rotatable bonds is 2. The summed E-state index contributed by atoms with van der Waals surface area (Å²) in [5.74, 6) is 2.45. The SMILES string of the molecule is CC(N)(c1nc(C2CSCCS2)no1)C(F)(F)F. The van der Waals surface area contributed by atoms with Crippen molar-refractivity contribution in [2.24, 2.45) is 5.73 Å². The van der Waals surface area contributed by atoms with Crippen LogP contribution in [0.25, 0.3) is 0 Å². The van der Waals surface area contributed by atoms with Crippen LogP contribution in [-0.2, 0) is 5.54 Å². The van der Waals surface area contributed by atoms with Crippen LogP contribution >= 0.6 is 23.5 Å². The van der Waals surface area contributed by atoms with Crippen LogP contribution in [0.3, 0.4) is 0 Å². The highest BCUT2D eigenvalue weighted by molar-refractivity contribution is 8.06. The summed E-state index contributed by atoms with van der Waals surface area (Å²) in [7, 11) is 0. The van der Waals surface area contributed by atoms with Crippen LogP contribution in [0, 0.1) is 0 Å². The molecule has 0 radical (unpaired) electrons. The largest absolute Gasteiger partial charge is 0.415 e. The summed E-state index contributed by atoms with van der Waals surface area (Å²) in [6.07, 6.45) is -4.62. The van der Waals surface area contributed by atoms with Gasteiger partial charge in [-0.25, -0.2) is 0 Å². The smallest absolute Gasteiger partial charge is 0.337 e. The normalized spacial score (nSPS) is 24.8. The van der Waals surface area contributed by atoms with Gasteiger partial charge in [0.2, 0.25) is 0 Å². The van der Waals surface area contributed by atoms with Crippen LogP contribution in [0.15, 0.2) is 4.52 Å². The molecule has 1 aromatic rings. The number of hydrogen-bond donors (Lipinski definition) is 1. The number of thioether (sulfide) groups is 2. The molecule has 4 nitrogen and oxygen atoms in total. The quantitative estimate of drug-likeness (QED) is 0.904. The van der Waals surface area contributed by atoms with Gasteiger partial charge in [-0.2, -0.15) is 29.9 Å². The summed E-state index contributed by atoms with van der Waals surface area (Å²) in [4.78, 5) is 3.82. The first kappa shape index (κ1) is 14.0. The van der Waals surface area contributed by atoms with E-state index in [-0.39, 0.29) is 5.25 Å². The Labute approximate surface area is 110 Å². The second kappa shape index (κ2) is 4.93. The topological polar surface area (TPSA) is 64.9 Å². The average Bonchev–Trinajstić information content (AvgIpc) is 2.78. The fourth-order valence-electron chi connectivity index (χ4n) is 1.33. The van der Waals surface area contributed by atoms with E-state index in [1.54, 1.807) is 23.5 Å². The number of nitrogens with two attached hydrogens (primary N) is 1. The molecule has 0 amide bonds. The molecule has 1 fully saturated rings. The monoisotopic (exact) mass is 299 g/mol. The molecular weight excluding hydrogens is 287 g/mol. The fourth-order valence-corrected chi connectivity index (χ4v) is 3.92. The third-order valence-electron chi connectivity index (χ3n) is 2.58. The van der Waals surface area contributed by atoms with Crippen LogP contribution in [-0.4, -0.2) is 33.6 Å². The van der Waals surface area contributed by atoms with Gasteiger partial charge >= 0.3 is 6.18 Å². The molecular formula is C9H12F3N3OS2. The van der Waals surface area contributed by atoms with Crippen molar-refractivity contribution in [1.82, 2.24) is 10.1 Å². The second-order valence-corrected chi connectivity index (χ2v) is 6.55. The van der Waals surface area contributed by atoms with E-state index in [2.05, 4.69) is 14.7 Å². The van der Waals surface area contributed by atoms with Gasteiger partial charge < -0.3 is 10.3 Å². The minimum atomic E-state index is -4.62. The molecule has 102 valence electrons. The summed E-state index contributed by atoms with van der Waals surface area (Å²) in [6.45, 7) is 0.826. The van der Waals surface area contributed by atoms with Crippen molar-refractivity contribution in [3.05, 3.63) is 11.7 Å². The van der Waals surface area contributed by atoms with Crippen molar-refractivity contribution in [3.8, 4) is 0 Å². The molecule has 2 heterocycles. The molecule has 0 aromatic carbocycles. The highest BCUT2D eigenvalue weighted by Crippen LogP contribution is 2.38. The summed E-state index contributed by atoms with van der Waals surface area (Å²) < 4.78 is 42.8. The van der Waals surface area contributed by atoms with Crippen molar-refractivity contribution >= 4 is 23.5 Å². The van der Waals surface area contributed by atoms with Crippen molar-refractivity contribution in [1.29, 1.82) is 0 Å². The van der Waals surface area contributed by atoms with Gasteiger partial charge in [-0.3, -0.25) is 0 Å². The molecule has 2 atom stereocenters. The minimum Gasteiger partial charge on any atom is -0.337 e. The van der Waals surface area contributed by atoms with E-state index in [0.717, 1.165) is 24.2 Å². The Morgan fingerprint density at radius 3 is 2.67 bits per heavy atom. The number of aromatic nitrogens is 2. The molecule has 18 heavy (non-hydrogen) atoms. The lowest BCUT2D eigenvalue weighted by molar-refractivity contribution is -0.190. The van der Waals surface area contributed by atoms with Gasteiger partial charge in [-0.1, -0.05) is 5.16 Å². The van der Waals surface area contributed by atoms with Crippen molar-refractivity contribution in [2.45, 2.75) is 23.9 Å². The Bertz CT molecular complexity index is 415. The van der Waals surface area contributed by atoms with E-state index in [9.17, 15) is 13.2 Å². The molecule has 1 aliphatic heterocycles. The van der Waals surface area contributed by atoms with E-state index in [4.69, 9.17) is 5.73 Å². The number of alkyl halides is 3. The van der Waals surface area contributed by atoms with Gasteiger partial charge in [-0.15, -0.1) is 11.8 Å². The van der Waals surface area contributed by atoms with Gasteiger partial charge in [0.05, 0.1) is 5.25 Å². The Morgan fingerprint density at radius 2 is 2.11 bits per heavy atom.